The van der Waals surface area contributed by atoms with E-state index in [4.69, 9.17) is 4.74 Å². The molecule has 3 rings (SSSR count). The lowest BCUT2D eigenvalue weighted by molar-refractivity contribution is -0.133. The number of amides is 1. The Labute approximate surface area is 159 Å². The molecule has 0 spiro atoms. The fraction of sp³-hybridized carbons (Fsp3) is 0.450. The quantitative estimate of drug-likeness (QED) is 0.694. The SMILES string of the molecule is COc1ccc2nc(CCN(C)C(=O)C(C)n3ccnc3C(C)C)[nH]c2c1. The van der Waals surface area contributed by atoms with E-state index in [1.165, 1.54) is 0 Å². The zero-order valence-electron chi connectivity index (χ0n) is 16.6. The number of benzene rings is 1. The number of imidazole rings is 2. The van der Waals surface area contributed by atoms with Gasteiger partial charge in [0, 0.05) is 44.4 Å². The number of carbonyl (C=O) groups is 1. The lowest BCUT2D eigenvalue weighted by Gasteiger charge is -2.23. The second kappa shape index (κ2) is 7.82. The van der Waals surface area contributed by atoms with Gasteiger partial charge in [0.15, 0.2) is 0 Å². The summed E-state index contributed by atoms with van der Waals surface area (Å²) in [5, 5.41) is 0. The van der Waals surface area contributed by atoms with Crippen molar-refractivity contribution >= 4 is 16.9 Å². The van der Waals surface area contributed by atoms with Crippen molar-refractivity contribution in [2.75, 3.05) is 20.7 Å². The predicted octanol–water partition coefficient (Wildman–Crippen LogP) is 3.15. The summed E-state index contributed by atoms with van der Waals surface area (Å²) in [6, 6.07) is 5.46. The Morgan fingerprint density at radius 1 is 1.33 bits per heavy atom. The Morgan fingerprint density at radius 3 is 2.81 bits per heavy atom. The Hall–Kier alpha value is -2.83. The van der Waals surface area contributed by atoms with Gasteiger partial charge in [0.05, 0.1) is 18.1 Å². The molecule has 7 heteroatoms. The Balaban J connectivity index is 1.65. The second-order valence-electron chi connectivity index (χ2n) is 7.10. The Bertz CT molecular complexity index is 927. The summed E-state index contributed by atoms with van der Waals surface area (Å²) in [4.78, 5) is 26.8. The number of aromatic amines is 1. The van der Waals surface area contributed by atoms with E-state index in [1.54, 1.807) is 18.2 Å². The van der Waals surface area contributed by atoms with Crippen molar-refractivity contribution in [2.45, 2.75) is 39.2 Å². The highest BCUT2D eigenvalue weighted by Crippen LogP contribution is 2.20. The van der Waals surface area contributed by atoms with Gasteiger partial charge in [0.2, 0.25) is 5.91 Å². The van der Waals surface area contributed by atoms with E-state index in [9.17, 15) is 4.79 Å². The van der Waals surface area contributed by atoms with Crippen molar-refractivity contribution in [3.63, 3.8) is 0 Å². The first kappa shape index (κ1) is 18.9. The van der Waals surface area contributed by atoms with Crippen LogP contribution < -0.4 is 4.74 Å². The van der Waals surface area contributed by atoms with Crippen molar-refractivity contribution in [3.05, 3.63) is 42.2 Å². The van der Waals surface area contributed by atoms with Gasteiger partial charge in [-0.1, -0.05) is 13.8 Å². The summed E-state index contributed by atoms with van der Waals surface area (Å²) in [5.74, 6) is 2.91. The van der Waals surface area contributed by atoms with E-state index < -0.39 is 0 Å². The van der Waals surface area contributed by atoms with Crippen LogP contribution in [0.1, 0.15) is 44.4 Å². The third-order valence-corrected chi connectivity index (χ3v) is 4.79. The number of nitrogens with zero attached hydrogens (tertiary/aromatic N) is 4. The molecule has 1 aromatic carbocycles. The number of H-pyrrole nitrogens is 1. The number of hydrogen-bond acceptors (Lipinski definition) is 4. The van der Waals surface area contributed by atoms with Gasteiger partial charge in [-0.15, -0.1) is 0 Å². The Morgan fingerprint density at radius 2 is 2.11 bits per heavy atom. The molecule has 0 bridgehead atoms. The zero-order valence-corrected chi connectivity index (χ0v) is 16.6. The highest BCUT2D eigenvalue weighted by atomic mass is 16.5. The maximum Gasteiger partial charge on any atom is 0.245 e. The normalized spacial score (nSPS) is 12.5. The minimum absolute atomic E-state index is 0.0627. The number of methoxy groups -OCH3 is 1. The maximum atomic E-state index is 12.8. The molecule has 1 unspecified atom stereocenters. The Kier molecular flexibility index (Phi) is 5.48. The van der Waals surface area contributed by atoms with Crippen LogP contribution in [0.15, 0.2) is 30.6 Å². The third-order valence-electron chi connectivity index (χ3n) is 4.79. The molecule has 27 heavy (non-hydrogen) atoms. The first-order chi connectivity index (χ1) is 12.9. The number of carbonyl (C=O) groups excluding carboxylic acids is 1. The van der Waals surface area contributed by atoms with Crippen LogP contribution in [0.3, 0.4) is 0 Å². The van der Waals surface area contributed by atoms with Gasteiger partial charge < -0.3 is 19.2 Å². The second-order valence-corrected chi connectivity index (χ2v) is 7.10. The zero-order chi connectivity index (χ0) is 19.6. The van der Waals surface area contributed by atoms with Gasteiger partial charge in [-0.05, 0) is 19.1 Å². The van der Waals surface area contributed by atoms with Crippen LogP contribution >= 0.6 is 0 Å². The summed E-state index contributed by atoms with van der Waals surface area (Å²) in [6.07, 6.45) is 4.28. The van der Waals surface area contributed by atoms with E-state index in [0.29, 0.717) is 13.0 Å². The molecule has 3 aromatic rings. The summed E-state index contributed by atoms with van der Waals surface area (Å²) < 4.78 is 7.20. The minimum Gasteiger partial charge on any atom is -0.497 e. The number of likely N-dealkylation sites (N-methyl/N-ethyl adjacent to an activating group) is 1. The van der Waals surface area contributed by atoms with Crippen LogP contribution in [-0.4, -0.2) is 51.0 Å². The van der Waals surface area contributed by atoms with E-state index in [0.717, 1.165) is 28.4 Å². The molecule has 0 fully saturated rings. The fourth-order valence-corrected chi connectivity index (χ4v) is 3.21. The lowest BCUT2D eigenvalue weighted by Crippen LogP contribution is -2.35. The molecular formula is C20H27N5O2. The summed E-state index contributed by atoms with van der Waals surface area (Å²) in [5.41, 5.74) is 1.83. The van der Waals surface area contributed by atoms with Gasteiger partial charge in [-0.2, -0.15) is 0 Å². The molecule has 2 aromatic heterocycles. The molecule has 0 radical (unpaired) electrons. The van der Waals surface area contributed by atoms with Gasteiger partial charge in [-0.3, -0.25) is 4.79 Å². The first-order valence-electron chi connectivity index (χ1n) is 9.21. The summed E-state index contributed by atoms with van der Waals surface area (Å²) in [6.45, 7) is 6.67. The van der Waals surface area contributed by atoms with Gasteiger partial charge in [0.1, 0.15) is 23.4 Å². The van der Waals surface area contributed by atoms with Crippen molar-refractivity contribution < 1.29 is 9.53 Å². The largest absolute Gasteiger partial charge is 0.497 e. The monoisotopic (exact) mass is 369 g/mol. The highest BCUT2D eigenvalue weighted by molar-refractivity contribution is 5.80. The number of rotatable bonds is 7. The lowest BCUT2D eigenvalue weighted by atomic mass is 10.2. The van der Waals surface area contributed by atoms with E-state index in [1.807, 2.05) is 42.9 Å². The van der Waals surface area contributed by atoms with Crippen LogP contribution in [0.4, 0.5) is 0 Å². The average molecular weight is 369 g/mol. The topological polar surface area (TPSA) is 76.0 Å². The van der Waals surface area contributed by atoms with Gasteiger partial charge in [0.25, 0.3) is 0 Å². The molecule has 1 amide bonds. The fourth-order valence-electron chi connectivity index (χ4n) is 3.21. The molecule has 1 N–H and O–H groups in total. The first-order valence-corrected chi connectivity index (χ1v) is 9.21. The molecule has 0 aliphatic carbocycles. The molecule has 1 atom stereocenters. The smallest absolute Gasteiger partial charge is 0.245 e. The molecule has 0 saturated heterocycles. The minimum atomic E-state index is -0.283. The molecule has 144 valence electrons. The maximum absolute atomic E-state index is 12.8. The highest BCUT2D eigenvalue weighted by Gasteiger charge is 2.22. The molecule has 0 aliphatic heterocycles. The molecule has 0 aliphatic rings. The predicted molar refractivity (Wildman–Crippen MR) is 105 cm³/mol. The molecule has 2 heterocycles. The molecule has 7 nitrogen and oxygen atoms in total. The van der Waals surface area contributed by atoms with E-state index in [-0.39, 0.29) is 17.9 Å². The van der Waals surface area contributed by atoms with Crippen molar-refractivity contribution in [1.82, 2.24) is 24.4 Å². The van der Waals surface area contributed by atoms with Crippen LogP contribution in [0.5, 0.6) is 5.75 Å². The van der Waals surface area contributed by atoms with Crippen molar-refractivity contribution in [2.24, 2.45) is 0 Å². The average Bonchev–Trinajstić information content (AvgIpc) is 3.30. The number of nitrogens with one attached hydrogen (secondary N) is 1. The van der Waals surface area contributed by atoms with E-state index in [2.05, 4.69) is 28.8 Å². The van der Waals surface area contributed by atoms with Crippen LogP contribution in [0.2, 0.25) is 0 Å². The van der Waals surface area contributed by atoms with Crippen LogP contribution in [0.25, 0.3) is 11.0 Å². The van der Waals surface area contributed by atoms with Gasteiger partial charge in [-0.25, -0.2) is 9.97 Å². The number of aromatic nitrogens is 4. The number of ether oxygens (including phenoxy) is 1. The van der Waals surface area contributed by atoms with Crippen molar-refractivity contribution in [1.29, 1.82) is 0 Å². The summed E-state index contributed by atoms with van der Waals surface area (Å²) >= 11 is 0. The molecule has 0 saturated carbocycles. The van der Waals surface area contributed by atoms with Crippen LogP contribution in [-0.2, 0) is 11.2 Å². The van der Waals surface area contributed by atoms with E-state index >= 15 is 0 Å². The number of hydrogen-bond donors (Lipinski definition) is 1. The van der Waals surface area contributed by atoms with Crippen LogP contribution in [0, 0.1) is 0 Å². The summed E-state index contributed by atoms with van der Waals surface area (Å²) in [7, 11) is 3.47. The number of fused-ring (bicyclic) bond motifs is 1. The molecular weight excluding hydrogens is 342 g/mol. The standard InChI is InChI=1S/C20H27N5O2/c1-13(2)19-21-9-11-25(19)14(3)20(26)24(4)10-8-18-22-16-7-6-15(27-5)12-17(16)23-18/h6-7,9,11-14H,8,10H2,1-5H3,(H,22,23). The van der Waals surface area contributed by atoms with Gasteiger partial charge >= 0.3 is 0 Å². The van der Waals surface area contributed by atoms with Crippen molar-refractivity contribution in [3.8, 4) is 5.75 Å². The third kappa shape index (κ3) is 3.97.